The van der Waals surface area contributed by atoms with E-state index in [1.54, 1.807) is 17.9 Å². The molecule has 216 valence electrons. The van der Waals surface area contributed by atoms with Crippen LogP contribution in [-0.4, -0.2) is 78.6 Å². The van der Waals surface area contributed by atoms with E-state index in [4.69, 9.17) is 16.3 Å². The van der Waals surface area contributed by atoms with Gasteiger partial charge in [-0.3, -0.25) is 9.69 Å². The van der Waals surface area contributed by atoms with Crippen LogP contribution in [0.3, 0.4) is 0 Å². The number of nitrogens with zero attached hydrogens (tertiary/aromatic N) is 7. The van der Waals surface area contributed by atoms with Crippen molar-refractivity contribution in [2.45, 2.75) is 51.1 Å². The Morgan fingerprint density at radius 1 is 1.23 bits per heavy atom. The molecule has 13 heteroatoms. The lowest BCUT2D eigenvalue weighted by molar-refractivity contribution is 0.0204. The summed E-state index contributed by atoms with van der Waals surface area (Å²) in [5.41, 5.74) is 1.66. The van der Waals surface area contributed by atoms with Gasteiger partial charge < -0.3 is 19.7 Å². The van der Waals surface area contributed by atoms with Gasteiger partial charge in [-0.2, -0.15) is 0 Å². The molecule has 2 aliphatic rings. The van der Waals surface area contributed by atoms with Crippen molar-refractivity contribution in [2.75, 3.05) is 38.2 Å². The second-order valence-corrected chi connectivity index (χ2v) is 11.1. The van der Waals surface area contributed by atoms with Crippen molar-refractivity contribution in [1.29, 1.82) is 0 Å². The first kappa shape index (κ1) is 28.6. The molecule has 1 amide bonds. The van der Waals surface area contributed by atoms with Crippen LogP contribution in [0.2, 0.25) is 5.02 Å². The summed E-state index contributed by atoms with van der Waals surface area (Å²) in [6, 6.07) is 4.10. The van der Waals surface area contributed by atoms with Crippen LogP contribution in [0.25, 0.3) is 0 Å². The Morgan fingerprint density at radius 2 is 2.00 bits per heavy atom. The molecule has 40 heavy (non-hydrogen) atoms. The van der Waals surface area contributed by atoms with E-state index in [9.17, 15) is 14.3 Å². The molecule has 3 aromatic rings. The van der Waals surface area contributed by atoms with Gasteiger partial charge in [0.15, 0.2) is 5.82 Å². The summed E-state index contributed by atoms with van der Waals surface area (Å²) in [5, 5.41) is 24.9. The number of hydrogen-bond acceptors (Lipinski definition) is 8. The molecule has 2 aromatic heterocycles. The number of rotatable bonds is 11. The van der Waals surface area contributed by atoms with Gasteiger partial charge in [0, 0.05) is 44.8 Å². The molecule has 5 rings (SSSR count). The molecule has 0 radical (unpaired) electrons. The zero-order chi connectivity index (χ0) is 28.1. The van der Waals surface area contributed by atoms with Crippen molar-refractivity contribution in [1.82, 2.24) is 34.7 Å². The highest BCUT2D eigenvalue weighted by molar-refractivity contribution is 6.31. The van der Waals surface area contributed by atoms with E-state index >= 15 is 0 Å². The van der Waals surface area contributed by atoms with E-state index in [0.717, 1.165) is 76.3 Å². The third kappa shape index (κ3) is 6.68. The van der Waals surface area contributed by atoms with Crippen LogP contribution < -0.4 is 5.32 Å². The minimum atomic E-state index is -0.540. The summed E-state index contributed by atoms with van der Waals surface area (Å²) in [6.07, 6.45) is 6.82. The molecule has 0 bridgehead atoms. The van der Waals surface area contributed by atoms with Crippen molar-refractivity contribution >= 4 is 23.2 Å². The van der Waals surface area contributed by atoms with Crippen molar-refractivity contribution in [3.63, 3.8) is 0 Å². The molecule has 1 aliphatic carbocycles. The molecular weight excluding hydrogens is 539 g/mol. The second-order valence-electron chi connectivity index (χ2n) is 10.7. The number of ether oxygens (including phenoxy) is 1. The highest BCUT2D eigenvalue weighted by atomic mass is 35.5. The monoisotopic (exact) mass is 574 g/mol. The van der Waals surface area contributed by atoms with Crippen molar-refractivity contribution in [2.24, 2.45) is 18.9 Å². The number of amides is 1. The molecule has 1 saturated carbocycles. The SMILES string of the molecule is Cn1cnc(C2CC(CCO)C(CCCc3nnnn3CN3CCOCC3)C2)c1C(=O)Nc1ccc(F)c(Cl)c1. The number of anilines is 1. The largest absolute Gasteiger partial charge is 0.396 e. The van der Waals surface area contributed by atoms with Crippen molar-refractivity contribution < 1.29 is 19.0 Å². The lowest BCUT2D eigenvalue weighted by atomic mass is 9.89. The summed E-state index contributed by atoms with van der Waals surface area (Å²) < 4.78 is 22.6. The lowest BCUT2D eigenvalue weighted by Gasteiger charge is -2.26. The number of carbonyl (C=O) groups is 1. The van der Waals surface area contributed by atoms with E-state index in [1.165, 1.54) is 18.2 Å². The quantitative estimate of drug-likeness (QED) is 0.358. The van der Waals surface area contributed by atoms with Gasteiger partial charge in [-0.25, -0.2) is 14.1 Å². The Bertz CT molecular complexity index is 1290. The predicted octanol–water partition coefficient (Wildman–Crippen LogP) is 3.26. The van der Waals surface area contributed by atoms with Gasteiger partial charge in [0.25, 0.3) is 5.91 Å². The molecule has 1 aliphatic heterocycles. The topological polar surface area (TPSA) is 123 Å². The number of morpholine rings is 1. The molecule has 2 fully saturated rings. The maximum Gasteiger partial charge on any atom is 0.274 e. The number of benzene rings is 1. The third-order valence-corrected chi connectivity index (χ3v) is 8.39. The Balaban J connectivity index is 1.22. The van der Waals surface area contributed by atoms with Gasteiger partial charge in [-0.1, -0.05) is 11.6 Å². The molecule has 3 unspecified atom stereocenters. The molecule has 1 aromatic carbocycles. The van der Waals surface area contributed by atoms with Crippen LogP contribution >= 0.6 is 11.6 Å². The zero-order valence-corrected chi connectivity index (χ0v) is 23.4. The molecule has 3 heterocycles. The number of aliphatic hydroxyl groups excluding tert-OH is 1. The van der Waals surface area contributed by atoms with E-state index in [0.29, 0.717) is 29.9 Å². The van der Waals surface area contributed by atoms with Crippen LogP contribution in [0.5, 0.6) is 0 Å². The lowest BCUT2D eigenvalue weighted by Crippen LogP contribution is -2.38. The maximum atomic E-state index is 13.6. The molecule has 0 spiro atoms. The number of aliphatic hydroxyl groups is 1. The van der Waals surface area contributed by atoms with Gasteiger partial charge in [0.05, 0.1) is 36.9 Å². The van der Waals surface area contributed by atoms with E-state index < -0.39 is 5.82 Å². The van der Waals surface area contributed by atoms with Crippen LogP contribution in [0.1, 0.15) is 60.0 Å². The van der Waals surface area contributed by atoms with Gasteiger partial charge in [-0.15, -0.1) is 5.10 Å². The Hall–Kier alpha value is -2.93. The van der Waals surface area contributed by atoms with Crippen molar-refractivity contribution in [3.05, 3.63) is 52.6 Å². The number of hydrogen-bond donors (Lipinski definition) is 2. The number of imidazole rings is 1. The first-order valence-electron chi connectivity index (χ1n) is 13.9. The van der Waals surface area contributed by atoms with Crippen LogP contribution in [-0.2, 0) is 24.9 Å². The number of aromatic nitrogens is 6. The number of carbonyl (C=O) groups excluding carboxylic acids is 1. The molecule has 11 nitrogen and oxygen atoms in total. The Kier molecular flexibility index (Phi) is 9.40. The highest BCUT2D eigenvalue weighted by Gasteiger charge is 2.37. The molecular formula is C27H36ClFN8O3. The van der Waals surface area contributed by atoms with E-state index in [2.05, 4.69) is 30.7 Å². The van der Waals surface area contributed by atoms with Gasteiger partial charge in [0.1, 0.15) is 11.5 Å². The number of halogens is 2. The average molecular weight is 575 g/mol. The fraction of sp³-hybridized carbons (Fsp3) is 0.593. The average Bonchev–Trinajstić information content (AvgIpc) is 3.66. The van der Waals surface area contributed by atoms with E-state index in [-0.39, 0.29) is 23.5 Å². The van der Waals surface area contributed by atoms with E-state index in [1.807, 2.05) is 4.68 Å². The zero-order valence-electron chi connectivity index (χ0n) is 22.7. The van der Waals surface area contributed by atoms with Crippen LogP contribution in [0.15, 0.2) is 24.5 Å². The fourth-order valence-electron chi connectivity index (χ4n) is 6.06. The van der Waals surface area contributed by atoms with Crippen LogP contribution in [0, 0.1) is 17.7 Å². The van der Waals surface area contributed by atoms with Gasteiger partial charge in [0.2, 0.25) is 0 Å². The second kappa shape index (κ2) is 13.2. The van der Waals surface area contributed by atoms with Gasteiger partial charge >= 0.3 is 0 Å². The predicted molar refractivity (Wildman–Crippen MR) is 146 cm³/mol. The molecule has 3 atom stereocenters. The summed E-state index contributed by atoms with van der Waals surface area (Å²) in [4.78, 5) is 20.2. The number of aryl methyl sites for hydroxylation is 2. The van der Waals surface area contributed by atoms with Crippen molar-refractivity contribution in [3.8, 4) is 0 Å². The normalized spacial score (nSPS) is 21.6. The molecule has 2 N–H and O–H groups in total. The minimum Gasteiger partial charge on any atom is -0.396 e. The molecule has 1 saturated heterocycles. The smallest absolute Gasteiger partial charge is 0.274 e. The minimum absolute atomic E-state index is 0.0522. The summed E-state index contributed by atoms with van der Waals surface area (Å²) in [7, 11) is 1.79. The first-order valence-corrected chi connectivity index (χ1v) is 14.2. The Morgan fingerprint density at radius 3 is 2.75 bits per heavy atom. The van der Waals surface area contributed by atoms with Crippen LogP contribution in [0.4, 0.5) is 10.1 Å². The standard InChI is InChI=1S/C27H36ClFN8O3/c1-35-16-30-25(26(35)27(39)31-21-5-6-23(29)22(28)15-21)20-13-18(19(14-20)7-10-38)3-2-4-24-32-33-34-37(24)17-36-8-11-40-12-9-36/h5-6,15-16,18-20,38H,2-4,7-14,17H2,1H3,(H,31,39). The summed E-state index contributed by atoms with van der Waals surface area (Å²) in [6.45, 7) is 4.00. The van der Waals surface area contributed by atoms with Gasteiger partial charge in [-0.05, 0) is 72.6 Å². The maximum absolute atomic E-state index is 13.6. The number of tetrazole rings is 1. The highest BCUT2D eigenvalue weighted by Crippen LogP contribution is 2.46. The Labute approximate surface area is 237 Å². The first-order chi connectivity index (χ1) is 19.4. The number of nitrogens with one attached hydrogen (secondary N) is 1. The third-order valence-electron chi connectivity index (χ3n) is 8.10. The summed E-state index contributed by atoms with van der Waals surface area (Å²) in [5.74, 6) is 0.868. The summed E-state index contributed by atoms with van der Waals surface area (Å²) >= 11 is 5.89. The fourth-order valence-corrected chi connectivity index (χ4v) is 6.24.